The summed E-state index contributed by atoms with van der Waals surface area (Å²) in [6.45, 7) is 4.51. The molecule has 1 aliphatic rings. The molecule has 0 radical (unpaired) electrons. The van der Waals surface area contributed by atoms with Gasteiger partial charge in [-0.2, -0.15) is 0 Å². The normalized spacial score (nSPS) is 16.4. The number of hydrogen-bond donors (Lipinski definition) is 1. The molecule has 0 saturated carbocycles. The minimum Gasteiger partial charge on any atom is -0.493 e. The Balaban J connectivity index is 1.71. The van der Waals surface area contributed by atoms with E-state index >= 15 is 0 Å². The maximum Gasteiger partial charge on any atom is 0.286 e. The van der Waals surface area contributed by atoms with Gasteiger partial charge in [0.2, 0.25) is 0 Å². The number of nitrogens with one attached hydrogen (secondary N) is 1. The van der Waals surface area contributed by atoms with Crippen LogP contribution in [-0.4, -0.2) is 48.6 Å². The predicted octanol–water partition coefficient (Wildman–Crippen LogP) is 3.01. The highest BCUT2D eigenvalue weighted by atomic mass is 16.6. The molecule has 0 bridgehead atoms. The lowest BCUT2D eigenvalue weighted by Crippen LogP contribution is -2.37. The molecule has 1 heterocycles. The number of nitrogens with zero attached hydrogens (tertiary/aromatic N) is 2. The SMILES string of the molecule is CCOc1cc(C(=O)N[C@@H]2CCN(Cc3ccccc3)C2)c([N+](=O)[O-])cc1OC. The zero-order valence-electron chi connectivity index (χ0n) is 16.6. The van der Waals surface area contributed by atoms with Gasteiger partial charge in [0.15, 0.2) is 11.5 Å². The molecule has 154 valence electrons. The van der Waals surface area contributed by atoms with E-state index < -0.39 is 10.8 Å². The predicted molar refractivity (Wildman–Crippen MR) is 108 cm³/mol. The third-order valence-corrected chi connectivity index (χ3v) is 4.88. The Hall–Kier alpha value is -3.13. The molecule has 0 unspecified atom stereocenters. The number of nitro benzene ring substituents is 1. The lowest BCUT2D eigenvalue weighted by molar-refractivity contribution is -0.385. The molecule has 1 atom stereocenters. The smallest absolute Gasteiger partial charge is 0.286 e. The Morgan fingerprint density at radius 3 is 2.69 bits per heavy atom. The number of nitro groups is 1. The molecule has 0 aliphatic carbocycles. The second-order valence-electron chi connectivity index (χ2n) is 6.89. The van der Waals surface area contributed by atoms with Crippen molar-refractivity contribution in [2.24, 2.45) is 0 Å². The van der Waals surface area contributed by atoms with Gasteiger partial charge < -0.3 is 14.8 Å². The Labute approximate surface area is 169 Å². The highest BCUT2D eigenvalue weighted by Gasteiger charge is 2.29. The van der Waals surface area contributed by atoms with Crippen molar-refractivity contribution in [3.63, 3.8) is 0 Å². The Bertz CT molecular complexity index is 872. The maximum absolute atomic E-state index is 12.8. The van der Waals surface area contributed by atoms with Gasteiger partial charge in [-0.15, -0.1) is 0 Å². The van der Waals surface area contributed by atoms with Crippen LogP contribution in [0.2, 0.25) is 0 Å². The highest BCUT2D eigenvalue weighted by Crippen LogP contribution is 2.35. The molecule has 3 rings (SSSR count). The number of rotatable bonds is 8. The second kappa shape index (κ2) is 9.38. The number of hydrogen-bond acceptors (Lipinski definition) is 6. The van der Waals surface area contributed by atoms with E-state index in [2.05, 4.69) is 22.3 Å². The average molecular weight is 399 g/mol. The van der Waals surface area contributed by atoms with Gasteiger partial charge in [-0.25, -0.2) is 0 Å². The first kappa shape index (κ1) is 20.6. The quantitative estimate of drug-likeness (QED) is 0.542. The van der Waals surface area contributed by atoms with E-state index in [1.807, 2.05) is 18.2 Å². The first-order valence-corrected chi connectivity index (χ1v) is 9.58. The molecule has 1 aliphatic heterocycles. The molecule has 8 heteroatoms. The molecule has 1 saturated heterocycles. The van der Waals surface area contributed by atoms with E-state index in [9.17, 15) is 14.9 Å². The number of amides is 1. The zero-order chi connectivity index (χ0) is 20.8. The van der Waals surface area contributed by atoms with Crippen molar-refractivity contribution in [3.8, 4) is 11.5 Å². The van der Waals surface area contributed by atoms with Crippen LogP contribution in [0, 0.1) is 10.1 Å². The average Bonchev–Trinajstić information content (AvgIpc) is 3.15. The minimum atomic E-state index is -0.580. The summed E-state index contributed by atoms with van der Waals surface area (Å²) < 4.78 is 10.6. The van der Waals surface area contributed by atoms with Crippen LogP contribution in [-0.2, 0) is 6.54 Å². The van der Waals surface area contributed by atoms with E-state index in [4.69, 9.17) is 9.47 Å². The van der Waals surface area contributed by atoms with Crippen LogP contribution in [0.5, 0.6) is 11.5 Å². The first-order valence-electron chi connectivity index (χ1n) is 9.58. The first-order chi connectivity index (χ1) is 14.0. The molecule has 29 heavy (non-hydrogen) atoms. The van der Waals surface area contributed by atoms with Crippen molar-refractivity contribution in [1.82, 2.24) is 10.2 Å². The summed E-state index contributed by atoms with van der Waals surface area (Å²) >= 11 is 0. The van der Waals surface area contributed by atoms with Crippen LogP contribution in [0.3, 0.4) is 0 Å². The summed E-state index contributed by atoms with van der Waals surface area (Å²) in [6, 6.07) is 12.7. The van der Waals surface area contributed by atoms with Crippen molar-refractivity contribution in [3.05, 3.63) is 63.7 Å². The fraction of sp³-hybridized carbons (Fsp3) is 0.381. The Kier molecular flexibility index (Phi) is 6.66. The lowest BCUT2D eigenvalue weighted by atomic mass is 10.1. The van der Waals surface area contributed by atoms with Gasteiger partial charge >= 0.3 is 0 Å². The van der Waals surface area contributed by atoms with Gasteiger partial charge in [0, 0.05) is 31.7 Å². The van der Waals surface area contributed by atoms with E-state index in [0.29, 0.717) is 18.9 Å². The van der Waals surface area contributed by atoms with Crippen LogP contribution in [0.1, 0.15) is 29.3 Å². The molecule has 2 aromatic carbocycles. The molecule has 0 spiro atoms. The number of likely N-dealkylation sites (tertiary alicyclic amines) is 1. The molecule has 1 amide bonds. The van der Waals surface area contributed by atoms with Crippen molar-refractivity contribution in [2.75, 3.05) is 26.8 Å². The number of carbonyl (C=O) groups is 1. The molecule has 1 fully saturated rings. The third-order valence-electron chi connectivity index (χ3n) is 4.88. The summed E-state index contributed by atoms with van der Waals surface area (Å²) in [5.74, 6) is 0.0553. The van der Waals surface area contributed by atoms with Crippen molar-refractivity contribution < 1.29 is 19.2 Å². The third kappa shape index (κ3) is 5.03. The molecular weight excluding hydrogens is 374 g/mol. The van der Waals surface area contributed by atoms with Crippen LogP contribution in [0.25, 0.3) is 0 Å². The molecule has 2 aromatic rings. The van der Waals surface area contributed by atoms with Gasteiger partial charge in [-0.05, 0) is 18.9 Å². The van der Waals surface area contributed by atoms with E-state index in [1.54, 1.807) is 6.92 Å². The van der Waals surface area contributed by atoms with Gasteiger partial charge in [0.05, 0.1) is 24.7 Å². The van der Waals surface area contributed by atoms with Crippen LogP contribution in [0.15, 0.2) is 42.5 Å². The van der Waals surface area contributed by atoms with Crippen LogP contribution in [0.4, 0.5) is 5.69 Å². The number of benzene rings is 2. The van der Waals surface area contributed by atoms with Crippen LogP contribution < -0.4 is 14.8 Å². The summed E-state index contributed by atoms with van der Waals surface area (Å²) in [4.78, 5) is 26.0. The van der Waals surface area contributed by atoms with Gasteiger partial charge in [0.1, 0.15) is 5.56 Å². The summed E-state index contributed by atoms with van der Waals surface area (Å²) in [7, 11) is 1.40. The zero-order valence-corrected chi connectivity index (χ0v) is 16.6. The second-order valence-corrected chi connectivity index (χ2v) is 6.89. The number of methoxy groups -OCH3 is 1. The minimum absolute atomic E-state index is 0.0271. The monoisotopic (exact) mass is 399 g/mol. The summed E-state index contributed by atoms with van der Waals surface area (Å²) in [6.07, 6.45) is 0.793. The standard InChI is InChI=1S/C21H25N3O5/c1-3-29-20-11-17(18(24(26)27)12-19(20)28-2)21(25)22-16-9-10-23(14-16)13-15-7-5-4-6-8-15/h4-8,11-12,16H,3,9-10,13-14H2,1-2H3,(H,22,25)/t16-/m1/s1. The molecule has 8 nitrogen and oxygen atoms in total. The Morgan fingerprint density at radius 2 is 2.03 bits per heavy atom. The number of ether oxygens (including phenoxy) is 2. The van der Waals surface area contributed by atoms with Gasteiger partial charge in [0.25, 0.3) is 11.6 Å². The maximum atomic E-state index is 12.8. The highest BCUT2D eigenvalue weighted by molar-refractivity contribution is 5.99. The molecule has 0 aromatic heterocycles. The van der Waals surface area contributed by atoms with Gasteiger partial charge in [-0.1, -0.05) is 30.3 Å². The number of carbonyl (C=O) groups excluding carboxylic acids is 1. The van der Waals surface area contributed by atoms with Gasteiger partial charge in [-0.3, -0.25) is 19.8 Å². The van der Waals surface area contributed by atoms with Crippen LogP contribution >= 0.6 is 0 Å². The van der Waals surface area contributed by atoms with E-state index in [0.717, 1.165) is 19.5 Å². The summed E-state index contributed by atoms with van der Waals surface area (Å²) in [5, 5.41) is 14.4. The Morgan fingerprint density at radius 1 is 1.28 bits per heavy atom. The molecule has 1 N–H and O–H groups in total. The fourth-order valence-electron chi connectivity index (χ4n) is 3.51. The molecular formula is C21H25N3O5. The van der Waals surface area contributed by atoms with Crippen molar-refractivity contribution in [1.29, 1.82) is 0 Å². The van der Waals surface area contributed by atoms with Crippen molar-refractivity contribution >= 4 is 11.6 Å². The van der Waals surface area contributed by atoms with E-state index in [-0.39, 0.29) is 23.0 Å². The fourth-order valence-corrected chi connectivity index (χ4v) is 3.51. The van der Waals surface area contributed by atoms with E-state index in [1.165, 1.54) is 24.8 Å². The lowest BCUT2D eigenvalue weighted by Gasteiger charge is -2.17. The topological polar surface area (TPSA) is 93.9 Å². The van der Waals surface area contributed by atoms with Crippen molar-refractivity contribution in [2.45, 2.75) is 25.9 Å². The largest absolute Gasteiger partial charge is 0.493 e. The summed E-state index contributed by atoms with van der Waals surface area (Å²) in [5.41, 5.74) is 0.884.